The smallest absolute Gasteiger partial charge is 0.277 e. The van der Waals surface area contributed by atoms with Gasteiger partial charge in [0.2, 0.25) is 11.8 Å². The number of hydrogen-bond acceptors (Lipinski definition) is 8. The van der Waals surface area contributed by atoms with E-state index in [1.54, 1.807) is 73.7 Å². The summed E-state index contributed by atoms with van der Waals surface area (Å²) in [7, 11) is -3.69. The number of nitrogens with zero attached hydrogens (tertiary/aromatic N) is 2. The van der Waals surface area contributed by atoms with Crippen molar-refractivity contribution in [2.45, 2.75) is 23.5 Å². The van der Waals surface area contributed by atoms with Gasteiger partial charge in [-0.05, 0) is 60.7 Å². The molecule has 0 atom stereocenters. The molecule has 2 N–H and O–H groups in total. The molecule has 11 heteroatoms. The lowest BCUT2D eigenvalue weighted by molar-refractivity contribution is -0.115. The number of ketones is 1. The van der Waals surface area contributed by atoms with Crippen LogP contribution >= 0.6 is 11.8 Å². The highest BCUT2D eigenvalue weighted by Crippen LogP contribution is 2.26. The van der Waals surface area contributed by atoms with Crippen LogP contribution in [0, 0.1) is 0 Å². The standard InChI is InChI=1S/C25H22N4O5S2/c1-2-23(31)26-19-12-8-17(9-13-19)22(30)16-35-25-28-27-24(34-25)18-10-14-20(15-11-18)29-36(32,33)21-6-4-3-5-7-21/h3-15,29H,2,16H2,1H3,(H,26,31). The summed E-state index contributed by atoms with van der Waals surface area (Å²) in [4.78, 5) is 24.1. The zero-order valence-electron chi connectivity index (χ0n) is 19.2. The molecule has 0 saturated heterocycles. The van der Waals surface area contributed by atoms with Gasteiger partial charge in [-0.3, -0.25) is 14.3 Å². The van der Waals surface area contributed by atoms with E-state index in [1.165, 1.54) is 12.1 Å². The summed E-state index contributed by atoms with van der Waals surface area (Å²) in [6.45, 7) is 1.76. The first-order valence-corrected chi connectivity index (χ1v) is 13.4. The molecule has 0 spiro atoms. The summed E-state index contributed by atoms with van der Waals surface area (Å²) >= 11 is 1.11. The topological polar surface area (TPSA) is 131 Å². The van der Waals surface area contributed by atoms with E-state index in [1.807, 2.05) is 0 Å². The van der Waals surface area contributed by atoms with E-state index in [2.05, 4.69) is 20.2 Å². The summed E-state index contributed by atoms with van der Waals surface area (Å²) in [5, 5.41) is 10.9. The molecule has 4 aromatic rings. The molecule has 3 aromatic carbocycles. The van der Waals surface area contributed by atoms with Gasteiger partial charge in [-0.15, -0.1) is 10.2 Å². The van der Waals surface area contributed by atoms with E-state index in [0.29, 0.717) is 28.9 Å². The number of rotatable bonds is 10. The van der Waals surface area contributed by atoms with Gasteiger partial charge in [0.25, 0.3) is 15.2 Å². The number of Topliss-reactive ketones (excluding diaryl/α,β-unsaturated/α-hetero) is 1. The average molecular weight is 523 g/mol. The fourth-order valence-electron chi connectivity index (χ4n) is 3.08. The Balaban J connectivity index is 1.34. The summed E-state index contributed by atoms with van der Waals surface area (Å²) < 4.78 is 33.1. The van der Waals surface area contributed by atoms with E-state index in [-0.39, 0.29) is 33.5 Å². The van der Waals surface area contributed by atoms with Gasteiger partial charge in [0.1, 0.15) is 0 Å². The van der Waals surface area contributed by atoms with Gasteiger partial charge >= 0.3 is 0 Å². The quantitative estimate of drug-likeness (QED) is 0.223. The van der Waals surface area contributed by atoms with Gasteiger partial charge in [0.15, 0.2) is 5.78 Å². The molecule has 1 amide bonds. The number of amides is 1. The SMILES string of the molecule is CCC(=O)Nc1ccc(C(=O)CSc2nnc(-c3ccc(NS(=O)(=O)c4ccccc4)cc3)o2)cc1. The van der Waals surface area contributed by atoms with Crippen LogP contribution in [0.1, 0.15) is 23.7 Å². The van der Waals surface area contributed by atoms with Crippen LogP contribution in [0.3, 0.4) is 0 Å². The maximum atomic E-state index is 12.5. The molecule has 4 rings (SSSR count). The highest BCUT2D eigenvalue weighted by atomic mass is 32.2. The molecular weight excluding hydrogens is 500 g/mol. The van der Waals surface area contributed by atoms with Gasteiger partial charge in [-0.1, -0.05) is 36.9 Å². The molecule has 0 aliphatic heterocycles. The van der Waals surface area contributed by atoms with Crippen LogP contribution in [0.25, 0.3) is 11.5 Å². The number of sulfonamides is 1. The Bertz CT molecular complexity index is 1450. The maximum Gasteiger partial charge on any atom is 0.277 e. The summed E-state index contributed by atoms with van der Waals surface area (Å²) in [5.74, 6) is 0.129. The molecule has 184 valence electrons. The molecule has 0 bridgehead atoms. The lowest BCUT2D eigenvalue weighted by Crippen LogP contribution is -2.12. The Morgan fingerprint density at radius 2 is 1.56 bits per heavy atom. The molecule has 9 nitrogen and oxygen atoms in total. The predicted molar refractivity (Wildman–Crippen MR) is 137 cm³/mol. The third-order valence-electron chi connectivity index (χ3n) is 4.98. The van der Waals surface area contributed by atoms with Gasteiger partial charge in [-0.2, -0.15) is 0 Å². The molecule has 0 radical (unpaired) electrons. The maximum absolute atomic E-state index is 12.5. The normalized spacial score (nSPS) is 11.1. The van der Waals surface area contributed by atoms with Crippen LogP contribution in [0.15, 0.2) is 93.4 Å². The number of aromatic nitrogens is 2. The number of anilines is 2. The van der Waals surface area contributed by atoms with Crippen molar-refractivity contribution in [2.75, 3.05) is 15.8 Å². The Labute approximate surface area is 212 Å². The van der Waals surface area contributed by atoms with Crippen LogP contribution in [0.5, 0.6) is 0 Å². The van der Waals surface area contributed by atoms with Gasteiger partial charge in [0.05, 0.1) is 10.6 Å². The minimum absolute atomic E-state index is 0.0973. The number of hydrogen-bond donors (Lipinski definition) is 2. The molecule has 0 aliphatic rings. The molecular formula is C25H22N4O5S2. The second-order valence-corrected chi connectivity index (χ2v) is 10.2. The number of benzene rings is 3. The molecule has 0 unspecified atom stereocenters. The van der Waals surface area contributed by atoms with Crippen LogP contribution in [-0.4, -0.2) is 36.1 Å². The second kappa shape index (κ2) is 11.2. The van der Waals surface area contributed by atoms with Gasteiger partial charge in [-0.25, -0.2) is 8.42 Å². The predicted octanol–water partition coefficient (Wildman–Crippen LogP) is 4.86. The number of carbonyl (C=O) groups is 2. The monoisotopic (exact) mass is 522 g/mol. The third-order valence-corrected chi connectivity index (χ3v) is 7.20. The minimum atomic E-state index is -3.69. The Kier molecular flexibility index (Phi) is 7.81. The van der Waals surface area contributed by atoms with Crippen molar-refractivity contribution in [2.24, 2.45) is 0 Å². The van der Waals surface area contributed by atoms with Crippen molar-refractivity contribution in [3.63, 3.8) is 0 Å². The number of thioether (sulfide) groups is 1. The number of carbonyl (C=O) groups excluding carboxylic acids is 2. The van der Waals surface area contributed by atoms with E-state index in [4.69, 9.17) is 4.42 Å². The molecule has 36 heavy (non-hydrogen) atoms. The zero-order valence-corrected chi connectivity index (χ0v) is 20.8. The van der Waals surface area contributed by atoms with Crippen molar-refractivity contribution in [1.29, 1.82) is 0 Å². The summed E-state index contributed by atoms with van der Waals surface area (Å²) in [6.07, 6.45) is 0.376. The highest BCUT2D eigenvalue weighted by molar-refractivity contribution is 7.99. The first-order valence-electron chi connectivity index (χ1n) is 10.9. The lowest BCUT2D eigenvalue weighted by Gasteiger charge is -2.08. The first kappa shape index (κ1) is 25.1. The van der Waals surface area contributed by atoms with E-state index < -0.39 is 10.0 Å². The lowest BCUT2D eigenvalue weighted by atomic mass is 10.1. The van der Waals surface area contributed by atoms with Crippen molar-refractivity contribution in [3.05, 3.63) is 84.4 Å². The van der Waals surface area contributed by atoms with Gasteiger partial charge in [0, 0.05) is 28.9 Å². The van der Waals surface area contributed by atoms with Crippen LogP contribution in [-0.2, 0) is 14.8 Å². The van der Waals surface area contributed by atoms with Crippen LogP contribution < -0.4 is 10.0 Å². The zero-order chi connectivity index (χ0) is 25.5. The number of nitrogens with one attached hydrogen (secondary N) is 2. The van der Waals surface area contributed by atoms with E-state index in [0.717, 1.165) is 11.8 Å². The summed E-state index contributed by atoms with van der Waals surface area (Å²) in [5.41, 5.74) is 2.13. The Morgan fingerprint density at radius 3 is 2.22 bits per heavy atom. The van der Waals surface area contributed by atoms with Crippen LogP contribution in [0.4, 0.5) is 11.4 Å². The third kappa shape index (κ3) is 6.37. The van der Waals surface area contributed by atoms with Crippen molar-refractivity contribution >= 4 is 44.9 Å². The average Bonchev–Trinajstić information content (AvgIpc) is 3.37. The molecule has 1 heterocycles. The molecule has 0 saturated carbocycles. The van der Waals surface area contributed by atoms with Crippen molar-refractivity contribution < 1.29 is 22.4 Å². The summed E-state index contributed by atoms with van der Waals surface area (Å²) in [6, 6.07) is 21.3. The van der Waals surface area contributed by atoms with E-state index >= 15 is 0 Å². The second-order valence-electron chi connectivity index (χ2n) is 7.56. The van der Waals surface area contributed by atoms with Crippen molar-refractivity contribution in [1.82, 2.24) is 10.2 Å². The minimum Gasteiger partial charge on any atom is -0.411 e. The van der Waals surface area contributed by atoms with Crippen LogP contribution in [0.2, 0.25) is 0 Å². The van der Waals surface area contributed by atoms with Crippen molar-refractivity contribution in [3.8, 4) is 11.5 Å². The Morgan fingerprint density at radius 1 is 0.889 bits per heavy atom. The first-order chi connectivity index (χ1) is 17.3. The largest absolute Gasteiger partial charge is 0.411 e. The molecule has 1 aromatic heterocycles. The van der Waals surface area contributed by atoms with Gasteiger partial charge < -0.3 is 9.73 Å². The fraction of sp³-hybridized carbons (Fsp3) is 0.120. The Hall–Kier alpha value is -3.96. The molecule has 0 fully saturated rings. The van der Waals surface area contributed by atoms with E-state index in [9.17, 15) is 18.0 Å². The molecule has 0 aliphatic carbocycles. The fourth-order valence-corrected chi connectivity index (χ4v) is 4.82. The highest BCUT2D eigenvalue weighted by Gasteiger charge is 2.15.